The SMILES string of the molecule is Cn1nccc1CCNC1CCc2cccnc21. The summed E-state index contributed by atoms with van der Waals surface area (Å²) >= 11 is 0. The van der Waals surface area contributed by atoms with Gasteiger partial charge in [-0.3, -0.25) is 9.67 Å². The maximum atomic E-state index is 4.49. The number of hydrogen-bond acceptors (Lipinski definition) is 3. The number of fused-ring (bicyclic) bond motifs is 1. The van der Waals surface area contributed by atoms with E-state index in [4.69, 9.17) is 0 Å². The molecule has 0 radical (unpaired) electrons. The number of rotatable bonds is 4. The maximum absolute atomic E-state index is 4.49. The van der Waals surface area contributed by atoms with Gasteiger partial charge < -0.3 is 5.32 Å². The Morgan fingerprint density at radius 2 is 2.33 bits per heavy atom. The fourth-order valence-corrected chi connectivity index (χ4v) is 2.63. The van der Waals surface area contributed by atoms with Crippen LogP contribution in [0.3, 0.4) is 0 Å². The molecule has 1 aliphatic carbocycles. The fourth-order valence-electron chi connectivity index (χ4n) is 2.63. The van der Waals surface area contributed by atoms with E-state index in [0.29, 0.717) is 6.04 Å². The molecule has 1 aliphatic rings. The van der Waals surface area contributed by atoms with Crippen LogP contribution in [0, 0.1) is 0 Å². The van der Waals surface area contributed by atoms with Crippen molar-refractivity contribution in [1.82, 2.24) is 20.1 Å². The minimum Gasteiger partial charge on any atom is -0.308 e. The summed E-state index contributed by atoms with van der Waals surface area (Å²) in [5.74, 6) is 0. The van der Waals surface area contributed by atoms with Crippen LogP contribution in [0.1, 0.15) is 29.4 Å². The van der Waals surface area contributed by atoms with Gasteiger partial charge >= 0.3 is 0 Å². The van der Waals surface area contributed by atoms with Crippen LogP contribution in [-0.2, 0) is 19.9 Å². The Morgan fingerprint density at radius 1 is 1.39 bits per heavy atom. The molecule has 0 aliphatic heterocycles. The van der Waals surface area contributed by atoms with Crippen molar-refractivity contribution in [1.29, 1.82) is 0 Å². The molecule has 0 saturated heterocycles. The van der Waals surface area contributed by atoms with E-state index in [1.807, 2.05) is 30.2 Å². The van der Waals surface area contributed by atoms with Crippen molar-refractivity contribution < 1.29 is 0 Å². The zero-order chi connectivity index (χ0) is 12.4. The highest BCUT2D eigenvalue weighted by atomic mass is 15.3. The first-order valence-electron chi connectivity index (χ1n) is 6.48. The van der Waals surface area contributed by atoms with Crippen LogP contribution in [0.4, 0.5) is 0 Å². The van der Waals surface area contributed by atoms with E-state index in [1.165, 1.54) is 17.0 Å². The monoisotopic (exact) mass is 242 g/mol. The summed E-state index contributed by atoms with van der Waals surface area (Å²) in [5.41, 5.74) is 3.90. The van der Waals surface area contributed by atoms with Crippen LogP contribution in [0.15, 0.2) is 30.6 Å². The molecule has 94 valence electrons. The van der Waals surface area contributed by atoms with Gasteiger partial charge in [0.05, 0.1) is 11.7 Å². The second-order valence-electron chi connectivity index (χ2n) is 4.79. The summed E-state index contributed by atoms with van der Waals surface area (Å²) in [7, 11) is 1.99. The first-order valence-corrected chi connectivity index (χ1v) is 6.48. The molecular formula is C14H18N4. The Bertz CT molecular complexity index is 532. The molecule has 4 heteroatoms. The Morgan fingerprint density at radius 3 is 3.17 bits per heavy atom. The van der Waals surface area contributed by atoms with Crippen LogP contribution in [0.25, 0.3) is 0 Å². The van der Waals surface area contributed by atoms with Crippen molar-refractivity contribution in [2.75, 3.05) is 6.54 Å². The number of nitrogens with one attached hydrogen (secondary N) is 1. The largest absolute Gasteiger partial charge is 0.308 e. The smallest absolute Gasteiger partial charge is 0.0605 e. The lowest BCUT2D eigenvalue weighted by Crippen LogP contribution is -2.23. The van der Waals surface area contributed by atoms with E-state index in [0.717, 1.165) is 25.8 Å². The van der Waals surface area contributed by atoms with Gasteiger partial charge in [-0.25, -0.2) is 0 Å². The highest BCUT2D eigenvalue weighted by Gasteiger charge is 2.22. The van der Waals surface area contributed by atoms with Gasteiger partial charge in [-0.1, -0.05) is 6.07 Å². The molecule has 3 rings (SSSR count). The number of hydrogen-bond donors (Lipinski definition) is 1. The van der Waals surface area contributed by atoms with E-state index < -0.39 is 0 Å². The highest BCUT2D eigenvalue weighted by molar-refractivity contribution is 5.27. The zero-order valence-electron chi connectivity index (χ0n) is 10.6. The standard InChI is InChI=1S/C14H18N4/c1-18-12(7-10-17-18)6-9-15-13-5-4-11-3-2-8-16-14(11)13/h2-3,7-8,10,13,15H,4-6,9H2,1H3. The van der Waals surface area contributed by atoms with Crippen LogP contribution < -0.4 is 5.32 Å². The van der Waals surface area contributed by atoms with E-state index >= 15 is 0 Å². The molecular weight excluding hydrogens is 224 g/mol. The van der Waals surface area contributed by atoms with Crippen molar-refractivity contribution in [3.05, 3.63) is 47.5 Å². The third kappa shape index (κ3) is 2.16. The minimum absolute atomic E-state index is 0.425. The van der Waals surface area contributed by atoms with E-state index in [-0.39, 0.29) is 0 Å². The number of aryl methyl sites for hydroxylation is 2. The molecule has 4 nitrogen and oxygen atoms in total. The lowest BCUT2D eigenvalue weighted by molar-refractivity contribution is 0.518. The van der Waals surface area contributed by atoms with Crippen molar-refractivity contribution in [3.8, 4) is 0 Å². The molecule has 0 saturated carbocycles. The predicted octanol–water partition coefficient (Wildman–Crippen LogP) is 1.63. The molecule has 0 aromatic carbocycles. The summed E-state index contributed by atoms with van der Waals surface area (Å²) in [6.45, 7) is 0.972. The Labute approximate surface area is 107 Å². The van der Waals surface area contributed by atoms with E-state index in [9.17, 15) is 0 Å². The Kier molecular flexibility index (Phi) is 3.11. The van der Waals surface area contributed by atoms with Gasteiger partial charge in [0.25, 0.3) is 0 Å². The van der Waals surface area contributed by atoms with Crippen LogP contribution in [-0.4, -0.2) is 21.3 Å². The quantitative estimate of drug-likeness (QED) is 0.886. The molecule has 1 unspecified atom stereocenters. The molecule has 0 bridgehead atoms. The first kappa shape index (κ1) is 11.4. The van der Waals surface area contributed by atoms with Crippen LogP contribution in [0.5, 0.6) is 0 Å². The van der Waals surface area contributed by atoms with E-state index in [1.54, 1.807) is 0 Å². The number of pyridine rings is 1. The van der Waals surface area contributed by atoms with Crippen LogP contribution in [0.2, 0.25) is 0 Å². The highest BCUT2D eigenvalue weighted by Crippen LogP contribution is 2.28. The van der Waals surface area contributed by atoms with Gasteiger partial charge in [0.1, 0.15) is 0 Å². The molecule has 0 spiro atoms. The summed E-state index contributed by atoms with van der Waals surface area (Å²) in [6.07, 6.45) is 7.06. The third-order valence-electron chi connectivity index (χ3n) is 3.65. The average molecular weight is 242 g/mol. The second kappa shape index (κ2) is 4.90. The summed E-state index contributed by atoms with van der Waals surface area (Å²) in [6, 6.07) is 6.71. The number of aromatic nitrogens is 3. The predicted molar refractivity (Wildman–Crippen MR) is 70.2 cm³/mol. The van der Waals surface area contributed by atoms with Gasteiger partial charge in [-0.05, 0) is 30.5 Å². The lowest BCUT2D eigenvalue weighted by atomic mass is 10.2. The zero-order valence-corrected chi connectivity index (χ0v) is 10.6. The van der Waals surface area contributed by atoms with Gasteiger partial charge in [0.15, 0.2) is 0 Å². The molecule has 1 N–H and O–H groups in total. The molecule has 2 aromatic heterocycles. The second-order valence-corrected chi connectivity index (χ2v) is 4.79. The third-order valence-corrected chi connectivity index (χ3v) is 3.65. The average Bonchev–Trinajstić information content (AvgIpc) is 2.97. The van der Waals surface area contributed by atoms with Gasteiger partial charge in [0.2, 0.25) is 0 Å². The molecule has 18 heavy (non-hydrogen) atoms. The molecule has 0 fully saturated rings. The van der Waals surface area contributed by atoms with Crippen molar-refractivity contribution in [3.63, 3.8) is 0 Å². The summed E-state index contributed by atoms with van der Waals surface area (Å²) in [5, 5.41) is 7.78. The number of nitrogens with zero attached hydrogens (tertiary/aromatic N) is 3. The molecule has 0 amide bonds. The minimum atomic E-state index is 0.425. The summed E-state index contributed by atoms with van der Waals surface area (Å²) in [4.78, 5) is 4.49. The lowest BCUT2D eigenvalue weighted by Gasteiger charge is -2.12. The molecule has 2 heterocycles. The molecule has 1 atom stereocenters. The maximum Gasteiger partial charge on any atom is 0.0605 e. The van der Waals surface area contributed by atoms with Gasteiger partial charge in [-0.15, -0.1) is 0 Å². The van der Waals surface area contributed by atoms with Gasteiger partial charge in [0, 0.05) is 38.1 Å². The van der Waals surface area contributed by atoms with Crippen molar-refractivity contribution in [2.24, 2.45) is 7.05 Å². The summed E-state index contributed by atoms with van der Waals surface area (Å²) < 4.78 is 1.93. The van der Waals surface area contributed by atoms with Crippen molar-refractivity contribution in [2.45, 2.75) is 25.3 Å². The normalized spacial score (nSPS) is 17.9. The fraction of sp³-hybridized carbons (Fsp3) is 0.429. The van der Waals surface area contributed by atoms with Crippen LogP contribution >= 0.6 is 0 Å². The first-order chi connectivity index (χ1) is 8.84. The topological polar surface area (TPSA) is 42.7 Å². The van der Waals surface area contributed by atoms with E-state index in [2.05, 4.69) is 27.5 Å². The van der Waals surface area contributed by atoms with Crippen molar-refractivity contribution >= 4 is 0 Å². The van der Waals surface area contributed by atoms with Gasteiger partial charge in [-0.2, -0.15) is 5.10 Å². The molecule has 2 aromatic rings. The Balaban J connectivity index is 1.58. The Hall–Kier alpha value is -1.68.